The van der Waals surface area contributed by atoms with Crippen molar-refractivity contribution in [3.63, 3.8) is 0 Å². The Kier molecular flexibility index (Phi) is 5.16. The predicted molar refractivity (Wildman–Crippen MR) is 106 cm³/mol. The maximum Gasteiger partial charge on any atom is 0.223 e. The second-order valence-electron chi connectivity index (χ2n) is 5.94. The molecule has 0 bridgehead atoms. The van der Waals surface area contributed by atoms with Crippen molar-refractivity contribution in [2.75, 3.05) is 6.61 Å². The summed E-state index contributed by atoms with van der Waals surface area (Å²) >= 11 is 1.59. The van der Waals surface area contributed by atoms with E-state index in [0.29, 0.717) is 31.1 Å². The molecular formula is C21H18N2O3S. The number of fused-ring (bicyclic) bond motifs is 1. The van der Waals surface area contributed by atoms with Crippen molar-refractivity contribution in [1.82, 2.24) is 10.3 Å². The van der Waals surface area contributed by atoms with Gasteiger partial charge in [-0.05, 0) is 36.4 Å². The monoisotopic (exact) mass is 378 g/mol. The molecular weight excluding hydrogens is 360 g/mol. The third-order valence-corrected chi connectivity index (χ3v) is 5.02. The van der Waals surface area contributed by atoms with Crippen LogP contribution in [0.25, 0.3) is 21.0 Å². The first kappa shape index (κ1) is 17.3. The van der Waals surface area contributed by atoms with Gasteiger partial charge in [0.15, 0.2) is 10.8 Å². The van der Waals surface area contributed by atoms with E-state index in [2.05, 4.69) is 10.3 Å². The Morgan fingerprint density at radius 2 is 1.85 bits per heavy atom. The Morgan fingerprint density at radius 3 is 2.70 bits per heavy atom. The molecule has 0 atom stereocenters. The zero-order chi connectivity index (χ0) is 18.5. The van der Waals surface area contributed by atoms with Crippen LogP contribution in [-0.2, 0) is 11.3 Å². The minimum absolute atomic E-state index is 0.0798. The lowest BCUT2D eigenvalue weighted by molar-refractivity contribution is -0.121. The minimum atomic E-state index is -0.0798. The molecule has 1 amide bonds. The maximum atomic E-state index is 12.0. The minimum Gasteiger partial charge on any atom is -0.493 e. The summed E-state index contributed by atoms with van der Waals surface area (Å²) in [4.78, 5) is 16.5. The molecule has 0 radical (unpaired) electrons. The quantitative estimate of drug-likeness (QED) is 0.509. The fourth-order valence-corrected chi connectivity index (χ4v) is 3.55. The SMILES string of the molecule is O=C(CCOc1ccccc1)NCc1ccc(-c2nc3ccccc3s2)o1. The predicted octanol–water partition coefficient (Wildman–Crippen LogP) is 4.64. The fraction of sp³-hybridized carbons (Fsp3) is 0.143. The molecule has 0 saturated heterocycles. The van der Waals surface area contributed by atoms with Gasteiger partial charge in [-0.3, -0.25) is 4.79 Å². The Labute approximate surface area is 160 Å². The Balaban J connectivity index is 1.28. The molecule has 0 saturated carbocycles. The topological polar surface area (TPSA) is 64.4 Å². The summed E-state index contributed by atoms with van der Waals surface area (Å²) in [6.07, 6.45) is 0.292. The van der Waals surface area contributed by atoms with Gasteiger partial charge in [0.25, 0.3) is 0 Å². The van der Waals surface area contributed by atoms with Crippen LogP contribution in [0.4, 0.5) is 0 Å². The number of aromatic nitrogens is 1. The average Bonchev–Trinajstić information content (AvgIpc) is 3.34. The van der Waals surface area contributed by atoms with E-state index in [1.165, 1.54) is 0 Å². The number of carbonyl (C=O) groups is 1. The van der Waals surface area contributed by atoms with E-state index in [4.69, 9.17) is 9.15 Å². The summed E-state index contributed by atoms with van der Waals surface area (Å²) < 4.78 is 12.5. The largest absolute Gasteiger partial charge is 0.493 e. The zero-order valence-electron chi connectivity index (χ0n) is 14.6. The third-order valence-electron chi connectivity index (χ3n) is 3.97. The van der Waals surface area contributed by atoms with Crippen LogP contribution >= 0.6 is 11.3 Å². The summed E-state index contributed by atoms with van der Waals surface area (Å²) in [7, 11) is 0. The molecule has 0 aliphatic carbocycles. The van der Waals surface area contributed by atoms with E-state index in [9.17, 15) is 4.79 Å². The highest BCUT2D eigenvalue weighted by Crippen LogP contribution is 2.31. The number of nitrogens with zero attached hydrogens (tertiary/aromatic N) is 1. The van der Waals surface area contributed by atoms with Gasteiger partial charge in [0.05, 0.1) is 29.8 Å². The van der Waals surface area contributed by atoms with Crippen molar-refractivity contribution >= 4 is 27.5 Å². The van der Waals surface area contributed by atoms with Crippen molar-refractivity contribution in [2.45, 2.75) is 13.0 Å². The average molecular weight is 378 g/mol. The first-order valence-electron chi connectivity index (χ1n) is 8.67. The van der Waals surface area contributed by atoms with Crippen molar-refractivity contribution in [3.05, 3.63) is 72.5 Å². The van der Waals surface area contributed by atoms with Crippen LogP contribution < -0.4 is 10.1 Å². The first-order valence-corrected chi connectivity index (χ1v) is 9.49. The van der Waals surface area contributed by atoms with Crippen molar-refractivity contribution < 1.29 is 13.9 Å². The molecule has 0 fully saturated rings. The summed E-state index contributed by atoms with van der Waals surface area (Å²) in [6, 6.07) is 21.2. The van der Waals surface area contributed by atoms with Crippen LogP contribution in [0.1, 0.15) is 12.2 Å². The molecule has 27 heavy (non-hydrogen) atoms. The third kappa shape index (κ3) is 4.35. The molecule has 2 heterocycles. The highest BCUT2D eigenvalue weighted by atomic mass is 32.1. The van der Waals surface area contributed by atoms with E-state index >= 15 is 0 Å². The van der Waals surface area contributed by atoms with Crippen molar-refractivity contribution in [3.8, 4) is 16.5 Å². The number of hydrogen-bond acceptors (Lipinski definition) is 5. The lowest BCUT2D eigenvalue weighted by Gasteiger charge is -2.06. The number of para-hydroxylation sites is 2. The van der Waals surface area contributed by atoms with E-state index in [-0.39, 0.29) is 5.91 Å². The number of amides is 1. The number of ether oxygens (including phenoxy) is 1. The van der Waals surface area contributed by atoms with Gasteiger partial charge < -0.3 is 14.5 Å². The van der Waals surface area contributed by atoms with E-state index in [1.54, 1.807) is 11.3 Å². The lowest BCUT2D eigenvalue weighted by atomic mass is 10.3. The molecule has 136 valence electrons. The van der Waals surface area contributed by atoms with Crippen molar-refractivity contribution in [1.29, 1.82) is 0 Å². The molecule has 4 rings (SSSR count). The number of nitrogens with one attached hydrogen (secondary N) is 1. The Morgan fingerprint density at radius 1 is 1.04 bits per heavy atom. The standard InChI is InChI=1S/C21H18N2O3S/c24-20(12-13-25-15-6-2-1-3-7-15)22-14-16-10-11-18(26-16)21-23-17-8-4-5-9-19(17)27-21/h1-11H,12-14H2,(H,22,24). The number of carbonyl (C=O) groups excluding carboxylic acids is 1. The molecule has 0 unspecified atom stereocenters. The smallest absolute Gasteiger partial charge is 0.223 e. The lowest BCUT2D eigenvalue weighted by Crippen LogP contribution is -2.24. The van der Waals surface area contributed by atoms with E-state index in [0.717, 1.165) is 21.0 Å². The number of hydrogen-bond donors (Lipinski definition) is 1. The fourth-order valence-electron chi connectivity index (χ4n) is 2.62. The number of furan rings is 1. The van der Waals surface area contributed by atoms with Crippen LogP contribution in [0.3, 0.4) is 0 Å². The summed E-state index contributed by atoms with van der Waals surface area (Å²) in [5, 5.41) is 3.68. The molecule has 0 aliphatic heterocycles. The molecule has 2 aromatic heterocycles. The Bertz CT molecular complexity index is 1010. The molecule has 2 aromatic carbocycles. The zero-order valence-corrected chi connectivity index (χ0v) is 15.4. The van der Waals surface area contributed by atoms with Gasteiger partial charge in [-0.2, -0.15) is 0 Å². The summed E-state index contributed by atoms with van der Waals surface area (Å²) in [6.45, 7) is 0.681. The van der Waals surface area contributed by atoms with Crippen LogP contribution in [0, 0.1) is 0 Å². The second kappa shape index (κ2) is 8.05. The second-order valence-corrected chi connectivity index (χ2v) is 6.97. The van der Waals surface area contributed by atoms with Gasteiger partial charge in [-0.1, -0.05) is 30.3 Å². The van der Waals surface area contributed by atoms with Crippen molar-refractivity contribution in [2.24, 2.45) is 0 Å². The molecule has 4 aromatic rings. The molecule has 0 aliphatic rings. The van der Waals surface area contributed by atoms with Gasteiger partial charge in [0.2, 0.25) is 5.91 Å². The number of thiazole rings is 1. The highest BCUT2D eigenvalue weighted by molar-refractivity contribution is 7.21. The Hall–Kier alpha value is -3.12. The maximum absolute atomic E-state index is 12.0. The normalized spacial score (nSPS) is 10.8. The molecule has 6 heteroatoms. The molecule has 1 N–H and O–H groups in total. The summed E-state index contributed by atoms with van der Waals surface area (Å²) in [5.74, 6) is 2.09. The van der Waals surface area contributed by atoms with Gasteiger partial charge in [0, 0.05) is 0 Å². The van der Waals surface area contributed by atoms with Crippen LogP contribution in [0.5, 0.6) is 5.75 Å². The first-order chi connectivity index (χ1) is 13.3. The number of benzene rings is 2. The van der Waals surface area contributed by atoms with E-state index in [1.807, 2.05) is 66.7 Å². The number of rotatable bonds is 7. The summed E-state index contributed by atoms with van der Waals surface area (Å²) in [5.41, 5.74) is 0.960. The van der Waals surface area contributed by atoms with Gasteiger partial charge in [-0.15, -0.1) is 11.3 Å². The van der Waals surface area contributed by atoms with Crippen LogP contribution in [-0.4, -0.2) is 17.5 Å². The van der Waals surface area contributed by atoms with Crippen LogP contribution in [0.15, 0.2) is 71.1 Å². The van der Waals surface area contributed by atoms with E-state index < -0.39 is 0 Å². The van der Waals surface area contributed by atoms with Gasteiger partial charge in [0.1, 0.15) is 11.5 Å². The molecule has 5 nitrogen and oxygen atoms in total. The van der Waals surface area contributed by atoms with Gasteiger partial charge >= 0.3 is 0 Å². The van der Waals surface area contributed by atoms with Crippen LogP contribution in [0.2, 0.25) is 0 Å². The van der Waals surface area contributed by atoms with Gasteiger partial charge in [-0.25, -0.2) is 4.98 Å². The molecule has 0 spiro atoms. The highest BCUT2D eigenvalue weighted by Gasteiger charge is 2.11.